The molecular weight excluding hydrogens is 464 g/mol. The van der Waals surface area contributed by atoms with E-state index in [0.717, 1.165) is 42.7 Å². The van der Waals surface area contributed by atoms with Gasteiger partial charge in [-0.2, -0.15) is 0 Å². The molecule has 0 bridgehead atoms. The van der Waals surface area contributed by atoms with E-state index in [1.165, 1.54) is 44.6 Å². The standard InChI is InChI=1S/C31H42N2O4/c1-2-3-4-5-6-7-23-8-13-26(14-9-23)31(35)37-28-17-10-24(11-18-28)12-19-30(34)36-21-20-25-15-16-27(32)22-29(25)33/h10-12,15-19,22-23,26H,2-9,13-14,20-21,32-33H2,1H3/b19-12+. The molecule has 0 aliphatic heterocycles. The van der Waals surface area contributed by atoms with Gasteiger partial charge in [0.05, 0.1) is 12.5 Å². The number of nitrogen functional groups attached to an aromatic ring is 2. The minimum Gasteiger partial charge on any atom is -0.462 e. The summed E-state index contributed by atoms with van der Waals surface area (Å²) >= 11 is 0. The van der Waals surface area contributed by atoms with Gasteiger partial charge in [-0.05, 0) is 73.1 Å². The molecule has 200 valence electrons. The Hall–Kier alpha value is -3.28. The molecule has 0 aromatic heterocycles. The van der Waals surface area contributed by atoms with Crippen molar-refractivity contribution in [3.8, 4) is 5.75 Å². The van der Waals surface area contributed by atoms with Gasteiger partial charge in [-0.15, -0.1) is 0 Å². The fourth-order valence-corrected chi connectivity index (χ4v) is 4.88. The van der Waals surface area contributed by atoms with Crippen molar-refractivity contribution in [2.24, 2.45) is 11.8 Å². The summed E-state index contributed by atoms with van der Waals surface area (Å²) in [6.07, 6.45) is 15.6. The highest BCUT2D eigenvalue weighted by Gasteiger charge is 2.27. The van der Waals surface area contributed by atoms with Crippen LogP contribution in [-0.2, 0) is 20.7 Å². The highest BCUT2D eigenvalue weighted by molar-refractivity contribution is 5.87. The van der Waals surface area contributed by atoms with Gasteiger partial charge in [0, 0.05) is 23.9 Å². The Morgan fingerprint density at radius 1 is 0.946 bits per heavy atom. The molecule has 6 heteroatoms. The first kappa shape index (κ1) is 28.3. The van der Waals surface area contributed by atoms with Crippen LogP contribution in [0.5, 0.6) is 5.75 Å². The van der Waals surface area contributed by atoms with Gasteiger partial charge in [0.25, 0.3) is 0 Å². The van der Waals surface area contributed by atoms with Gasteiger partial charge < -0.3 is 20.9 Å². The van der Waals surface area contributed by atoms with Crippen molar-refractivity contribution >= 4 is 29.4 Å². The largest absolute Gasteiger partial charge is 0.462 e. The normalized spacial score (nSPS) is 17.5. The lowest BCUT2D eigenvalue weighted by Gasteiger charge is -2.27. The van der Waals surface area contributed by atoms with Gasteiger partial charge in [0.2, 0.25) is 0 Å². The molecule has 0 spiro atoms. The Morgan fingerprint density at radius 3 is 2.38 bits per heavy atom. The Balaban J connectivity index is 1.35. The maximum absolute atomic E-state index is 12.6. The summed E-state index contributed by atoms with van der Waals surface area (Å²) < 4.78 is 10.9. The van der Waals surface area contributed by atoms with Crippen molar-refractivity contribution in [2.75, 3.05) is 18.1 Å². The van der Waals surface area contributed by atoms with Crippen molar-refractivity contribution in [2.45, 2.75) is 77.6 Å². The van der Waals surface area contributed by atoms with Gasteiger partial charge in [-0.3, -0.25) is 4.79 Å². The summed E-state index contributed by atoms with van der Waals surface area (Å²) in [7, 11) is 0. The van der Waals surface area contributed by atoms with Crippen molar-refractivity contribution in [1.82, 2.24) is 0 Å². The van der Waals surface area contributed by atoms with Crippen LogP contribution < -0.4 is 16.2 Å². The van der Waals surface area contributed by atoms with Gasteiger partial charge in [-0.25, -0.2) is 4.79 Å². The summed E-state index contributed by atoms with van der Waals surface area (Å²) in [4.78, 5) is 24.7. The number of esters is 2. The highest BCUT2D eigenvalue weighted by atomic mass is 16.5. The predicted molar refractivity (Wildman–Crippen MR) is 150 cm³/mol. The maximum Gasteiger partial charge on any atom is 0.330 e. The SMILES string of the molecule is CCCCCCCC1CCC(C(=O)Oc2ccc(/C=C/C(=O)OCCc3ccc(N)cc3N)cc2)CC1. The summed E-state index contributed by atoms with van der Waals surface area (Å²) in [5, 5.41) is 0. The summed E-state index contributed by atoms with van der Waals surface area (Å²) in [6, 6.07) is 12.5. The van der Waals surface area contributed by atoms with E-state index in [0.29, 0.717) is 23.5 Å². The number of benzene rings is 2. The van der Waals surface area contributed by atoms with E-state index in [1.807, 2.05) is 18.2 Å². The highest BCUT2D eigenvalue weighted by Crippen LogP contribution is 2.33. The first-order chi connectivity index (χ1) is 17.9. The maximum atomic E-state index is 12.6. The quantitative estimate of drug-likeness (QED) is 0.103. The van der Waals surface area contributed by atoms with Crippen molar-refractivity contribution in [3.63, 3.8) is 0 Å². The zero-order chi connectivity index (χ0) is 26.5. The molecule has 37 heavy (non-hydrogen) atoms. The van der Waals surface area contributed by atoms with E-state index >= 15 is 0 Å². The number of ether oxygens (including phenoxy) is 2. The molecule has 2 aromatic rings. The molecule has 6 nitrogen and oxygen atoms in total. The number of anilines is 2. The van der Waals surface area contributed by atoms with Gasteiger partial charge in [0.15, 0.2) is 0 Å². The van der Waals surface area contributed by atoms with Crippen LogP contribution in [0.1, 0.15) is 82.3 Å². The van der Waals surface area contributed by atoms with E-state index in [9.17, 15) is 9.59 Å². The molecule has 1 aliphatic rings. The molecule has 1 saturated carbocycles. The van der Waals surface area contributed by atoms with E-state index in [4.69, 9.17) is 20.9 Å². The molecule has 0 atom stereocenters. The van der Waals surface area contributed by atoms with E-state index in [2.05, 4.69) is 6.92 Å². The minimum absolute atomic E-state index is 0.00530. The lowest BCUT2D eigenvalue weighted by molar-refractivity contribution is -0.140. The molecule has 3 rings (SSSR count). The van der Waals surface area contributed by atoms with Crippen LogP contribution in [0.4, 0.5) is 11.4 Å². The third-order valence-electron chi connectivity index (χ3n) is 7.19. The monoisotopic (exact) mass is 506 g/mol. The second kappa shape index (κ2) is 15.1. The molecule has 0 radical (unpaired) electrons. The predicted octanol–water partition coefficient (Wildman–Crippen LogP) is 6.72. The van der Waals surface area contributed by atoms with Crippen LogP contribution in [0.15, 0.2) is 48.5 Å². The number of rotatable bonds is 13. The van der Waals surface area contributed by atoms with Crippen molar-refractivity contribution in [1.29, 1.82) is 0 Å². The van der Waals surface area contributed by atoms with Crippen molar-refractivity contribution < 1.29 is 19.1 Å². The van der Waals surface area contributed by atoms with Gasteiger partial charge >= 0.3 is 11.9 Å². The van der Waals surface area contributed by atoms with Crippen LogP contribution in [0.2, 0.25) is 0 Å². The third kappa shape index (κ3) is 9.95. The Morgan fingerprint density at radius 2 is 1.68 bits per heavy atom. The van der Waals surface area contributed by atoms with Gasteiger partial charge in [-0.1, -0.05) is 63.6 Å². The minimum atomic E-state index is -0.430. The Labute approximate surface area is 221 Å². The molecule has 2 aromatic carbocycles. The summed E-state index contributed by atoms with van der Waals surface area (Å²) in [5.41, 5.74) is 14.5. The zero-order valence-corrected chi connectivity index (χ0v) is 22.1. The Bertz CT molecular complexity index is 1020. The molecule has 0 amide bonds. The van der Waals surface area contributed by atoms with Crippen LogP contribution >= 0.6 is 0 Å². The molecule has 1 aliphatic carbocycles. The molecular formula is C31H42N2O4. The summed E-state index contributed by atoms with van der Waals surface area (Å²) in [6.45, 7) is 2.47. The first-order valence-corrected chi connectivity index (χ1v) is 13.7. The fraction of sp³-hybridized carbons (Fsp3) is 0.484. The lowest BCUT2D eigenvalue weighted by Crippen LogP contribution is -2.25. The van der Waals surface area contributed by atoms with Crippen LogP contribution in [0, 0.1) is 11.8 Å². The first-order valence-electron chi connectivity index (χ1n) is 13.7. The smallest absolute Gasteiger partial charge is 0.330 e. The second-order valence-electron chi connectivity index (χ2n) is 10.1. The fourth-order valence-electron chi connectivity index (χ4n) is 4.88. The Kier molecular flexibility index (Phi) is 11.5. The van der Waals surface area contributed by atoms with Crippen molar-refractivity contribution in [3.05, 3.63) is 59.7 Å². The average Bonchev–Trinajstić information content (AvgIpc) is 2.90. The number of hydrogen-bond acceptors (Lipinski definition) is 6. The van der Waals surface area contributed by atoms with Gasteiger partial charge in [0.1, 0.15) is 5.75 Å². The van der Waals surface area contributed by atoms with Crippen LogP contribution in [0.3, 0.4) is 0 Å². The zero-order valence-electron chi connectivity index (χ0n) is 22.1. The van der Waals surface area contributed by atoms with Crippen LogP contribution in [-0.4, -0.2) is 18.5 Å². The van der Waals surface area contributed by atoms with E-state index in [1.54, 1.807) is 30.3 Å². The molecule has 0 saturated heterocycles. The molecule has 0 heterocycles. The third-order valence-corrected chi connectivity index (χ3v) is 7.19. The molecule has 0 unspecified atom stereocenters. The number of carbonyl (C=O) groups is 2. The average molecular weight is 507 g/mol. The summed E-state index contributed by atoms with van der Waals surface area (Å²) in [5.74, 6) is 0.730. The lowest BCUT2D eigenvalue weighted by atomic mass is 9.80. The molecule has 1 fully saturated rings. The number of hydrogen-bond donors (Lipinski definition) is 2. The van der Waals surface area contributed by atoms with E-state index < -0.39 is 5.97 Å². The second-order valence-corrected chi connectivity index (χ2v) is 10.1. The number of unbranched alkanes of at least 4 members (excludes halogenated alkanes) is 4. The van der Waals surface area contributed by atoms with Crippen LogP contribution in [0.25, 0.3) is 6.08 Å². The van der Waals surface area contributed by atoms with E-state index in [-0.39, 0.29) is 18.5 Å². The molecule has 4 N–H and O–H groups in total. The number of carbonyl (C=O) groups excluding carboxylic acids is 2. The topological polar surface area (TPSA) is 105 Å². The number of nitrogens with two attached hydrogens (primary N) is 2.